The molecule has 0 atom stereocenters. The number of azide groups is 1. The van der Waals surface area contributed by atoms with Crippen molar-refractivity contribution >= 4 is 17.3 Å². The first-order valence-corrected chi connectivity index (χ1v) is 7.90. The fourth-order valence-electron chi connectivity index (χ4n) is 2.30. The molecule has 0 bridgehead atoms. The molecule has 1 heterocycles. The number of nitrogens with zero attached hydrogens (tertiary/aromatic N) is 4. The van der Waals surface area contributed by atoms with Gasteiger partial charge in [-0.2, -0.15) is 0 Å². The molecule has 0 N–H and O–H groups in total. The maximum absolute atomic E-state index is 12.5. The Morgan fingerprint density at radius 1 is 1.12 bits per heavy atom. The van der Waals surface area contributed by atoms with E-state index < -0.39 is 0 Å². The summed E-state index contributed by atoms with van der Waals surface area (Å²) < 4.78 is 1.44. The van der Waals surface area contributed by atoms with Crippen molar-refractivity contribution in [3.63, 3.8) is 0 Å². The first-order chi connectivity index (χ1) is 11.7. The van der Waals surface area contributed by atoms with Crippen molar-refractivity contribution in [3.05, 3.63) is 97.5 Å². The Labute approximate surface area is 141 Å². The van der Waals surface area contributed by atoms with Gasteiger partial charge >= 0.3 is 0 Å². The monoisotopic (exact) mass is 336 g/mol. The fourth-order valence-corrected chi connectivity index (χ4v) is 3.27. The zero-order chi connectivity index (χ0) is 16.9. The maximum Gasteiger partial charge on any atom is 0.266 e. The van der Waals surface area contributed by atoms with E-state index in [1.807, 2.05) is 6.07 Å². The third-order valence-corrected chi connectivity index (χ3v) is 4.48. The first kappa shape index (κ1) is 15.7. The van der Waals surface area contributed by atoms with E-state index in [0.717, 1.165) is 17.1 Å². The van der Waals surface area contributed by atoms with Crippen LogP contribution < -0.4 is 5.56 Å². The normalized spacial score (nSPS) is 10.2. The number of carbonyl (C=O) groups excluding carboxylic acids is 1. The Balaban J connectivity index is 2.03. The lowest BCUT2D eigenvalue weighted by Gasteiger charge is -2.06. The largest absolute Gasteiger partial charge is 0.288 e. The Bertz CT molecular complexity index is 985. The molecule has 24 heavy (non-hydrogen) atoms. The Morgan fingerprint density at radius 2 is 1.83 bits per heavy atom. The third kappa shape index (κ3) is 3.12. The second-order valence-corrected chi connectivity index (χ2v) is 5.93. The lowest BCUT2D eigenvalue weighted by molar-refractivity contribution is 0.104. The minimum absolute atomic E-state index is 0.138. The van der Waals surface area contributed by atoms with Crippen LogP contribution in [0, 0.1) is 0 Å². The molecule has 0 unspecified atom stereocenters. The number of hydrogen-bond donors (Lipinski definition) is 0. The van der Waals surface area contributed by atoms with Crippen LogP contribution in [-0.4, -0.2) is 9.74 Å². The Morgan fingerprint density at radius 3 is 2.58 bits per heavy atom. The van der Waals surface area contributed by atoms with Gasteiger partial charge in [0, 0.05) is 16.5 Å². The number of ketones is 1. The van der Waals surface area contributed by atoms with Crippen molar-refractivity contribution in [2.24, 2.45) is 5.11 Å². The van der Waals surface area contributed by atoms with Crippen LogP contribution in [0.2, 0.25) is 0 Å². The van der Waals surface area contributed by atoms with Crippen molar-refractivity contribution in [1.29, 1.82) is 0 Å². The van der Waals surface area contributed by atoms with E-state index in [4.69, 9.17) is 5.53 Å². The van der Waals surface area contributed by atoms with Gasteiger partial charge in [0.25, 0.3) is 5.56 Å². The molecule has 0 saturated carbocycles. The van der Waals surface area contributed by atoms with Crippen LogP contribution >= 0.6 is 11.5 Å². The second kappa shape index (κ2) is 6.95. The minimum Gasteiger partial charge on any atom is -0.288 e. The molecule has 6 nitrogen and oxygen atoms in total. The standard InChI is InChI=1S/C17H12N4O2S/c18-20-19-11-13-8-4-5-9-14(13)21-16(22)10-15(24-21)17(23)12-6-2-1-3-7-12/h1-10H,11H2. The number of benzene rings is 2. The number of carbonyl (C=O) groups is 1. The Kier molecular flexibility index (Phi) is 4.56. The summed E-state index contributed by atoms with van der Waals surface area (Å²) in [6.07, 6.45) is 0. The van der Waals surface area contributed by atoms with E-state index in [-0.39, 0.29) is 17.9 Å². The van der Waals surface area contributed by atoms with E-state index in [1.54, 1.807) is 48.5 Å². The van der Waals surface area contributed by atoms with Crippen LogP contribution in [0.5, 0.6) is 0 Å². The first-order valence-electron chi connectivity index (χ1n) is 7.13. The molecule has 7 heteroatoms. The quantitative estimate of drug-likeness (QED) is 0.306. The SMILES string of the molecule is [N-]=[N+]=NCc1ccccc1-n1sc(C(=O)c2ccccc2)cc1=O. The molecule has 1 aromatic heterocycles. The molecule has 3 rings (SSSR count). The molecule has 0 radical (unpaired) electrons. The van der Waals surface area contributed by atoms with Crippen LogP contribution in [0.4, 0.5) is 0 Å². The van der Waals surface area contributed by atoms with Gasteiger partial charge in [-0.1, -0.05) is 53.6 Å². The number of para-hydroxylation sites is 1. The van der Waals surface area contributed by atoms with Crippen LogP contribution in [0.15, 0.2) is 70.6 Å². The van der Waals surface area contributed by atoms with Crippen LogP contribution in [0.25, 0.3) is 16.1 Å². The van der Waals surface area contributed by atoms with Crippen LogP contribution in [0.3, 0.4) is 0 Å². The molecule has 0 spiro atoms. The highest BCUT2D eigenvalue weighted by atomic mass is 32.1. The van der Waals surface area contributed by atoms with Gasteiger partial charge in [0.2, 0.25) is 5.78 Å². The smallest absolute Gasteiger partial charge is 0.266 e. The fraction of sp³-hybridized carbons (Fsp3) is 0.0588. The van der Waals surface area contributed by atoms with Crippen molar-refractivity contribution in [1.82, 2.24) is 3.96 Å². The summed E-state index contributed by atoms with van der Waals surface area (Å²) in [5.41, 5.74) is 10.1. The molecular weight excluding hydrogens is 324 g/mol. The number of hydrogen-bond acceptors (Lipinski definition) is 4. The molecule has 0 aliphatic rings. The molecular formula is C17H12N4O2S. The zero-order valence-corrected chi connectivity index (χ0v) is 13.3. The highest BCUT2D eigenvalue weighted by Gasteiger charge is 2.16. The van der Waals surface area contributed by atoms with Crippen molar-refractivity contribution in [3.8, 4) is 5.69 Å². The van der Waals surface area contributed by atoms with Gasteiger partial charge < -0.3 is 0 Å². The predicted molar refractivity (Wildman–Crippen MR) is 92.6 cm³/mol. The third-order valence-electron chi connectivity index (χ3n) is 3.42. The molecule has 0 fully saturated rings. The molecule has 2 aromatic carbocycles. The highest BCUT2D eigenvalue weighted by Crippen LogP contribution is 2.20. The molecule has 3 aromatic rings. The van der Waals surface area contributed by atoms with E-state index in [9.17, 15) is 9.59 Å². The van der Waals surface area contributed by atoms with E-state index in [0.29, 0.717) is 16.1 Å². The van der Waals surface area contributed by atoms with E-state index in [2.05, 4.69) is 10.0 Å². The summed E-state index contributed by atoms with van der Waals surface area (Å²) in [6, 6.07) is 17.3. The minimum atomic E-state index is -0.285. The zero-order valence-electron chi connectivity index (χ0n) is 12.5. The second-order valence-electron chi connectivity index (χ2n) is 4.95. The Hall–Kier alpha value is -3.15. The van der Waals surface area contributed by atoms with Crippen LogP contribution in [0.1, 0.15) is 20.8 Å². The van der Waals surface area contributed by atoms with Crippen LogP contribution in [-0.2, 0) is 6.54 Å². The average molecular weight is 336 g/mol. The molecule has 118 valence electrons. The number of aromatic nitrogens is 1. The lowest BCUT2D eigenvalue weighted by atomic mass is 10.1. The van der Waals surface area contributed by atoms with Gasteiger partial charge in [-0.25, -0.2) is 3.96 Å². The molecule has 0 aliphatic carbocycles. The summed E-state index contributed by atoms with van der Waals surface area (Å²) in [5.74, 6) is -0.191. The van der Waals surface area contributed by atoms with Gasteiger partial charge in [0.1, 0.15) is 0 Å². The summed E-state index contributed by atoms with van der Waals surface area (Å²) >= 11 is 1.08. The molecule has 0 aliphatic heterocycles. The topological polar surface area (TPSA) is 87.8 Å². The van der Waals surface area contributed by atoms with Gasteiger partial charge in [0.15, 0.2) is 0 Å². The van der Waals surface area contributed by atoms with Gasteiger partial charge in [-0.05, 0) is 28.7 Å². The van der Waals surface area contributed by atoms with Crippen molar-refractivity contribution in [2.45, 2.75) is 6.54 Å². The summed E-state index contributed by atoms with van der Waals surface area (Å²) in [5, 5.41) is 3.55. The van der Waals surface area contributed by atoms with E-state index >= 15 is 0 Å². The maximum atomic E-state index is 12.5. The van der Waals surface area contributed by atoms with Crippen molar-refractivity contribution < 1.29 is 4.79 Å². The lowest BCUT2D eigenvalue weighted by Crippen LogP contribution is -2.11. The molecule has 0 amide bonds. The molecule has 0 saturated heterocycles. The summed E-state index contributed by atoms with van der Waals surface area (Å²) in [6.45, 7) is 0.138. The summed E-state index contributed by atoms with van der Waals surface area (Å²) in [4.78, 5) is 27.9. The predicted octanol–water partition coefficient (Wildman–Crippen LogP) is 3.94. The summed E-state index contributed by atoms with van der Waals surface area (Å²) in [7, 11) is 0. The van der Waals surface area contributed by atoms with Gasteiger partial charge in [0.05, 0.1) is 17.1 Å². The highest BCUT2D eigenvalue weighted by molar-refractivity contribution is 7.09. The number of rotatable bonds is 5. The average Bonchev–Trinajstić information content (AvgIpc) is 3.02. The van der Waals surface area contributed by atoms with Gasteiger partial charge in [-0.3, -0.25) is 9.59 Å². The van der Waals surface area contributed by atoms with E-state index in [1.165, 1.54) is 10.0 Å². The van der Waals surface area contributed by atoms with Gasteiger partial charge in [-0.15, -0.1) is 0 Å². The van der Waals surface area contributed by atoms with Crippen molar-refractivity contribution in [2.75, 3.05) is 0 Å².